The van der Waals surface area contributed by atoms with Crippen molar-refractivity contribution in [2.24, 2.45) is 10.4 Å². The average molecular weight is 422 g/mol. The number of hydrogen-bond donors (Lipinski definition) is 1. The molecule has 0 aromatic heterocycles. The van der Waals surface area contributed by atoms with Gasteiger partial charge in [-0.25, -0.2) is 4.99 Å². The Morgan fingerprint density at radius 2 is 1.95 bits per heavy atom. The highest BCUT2D eigenvalue weighted by molar-refractivity contribution is 14.0. The number of nitrogens with one attached hydrogen (secondary N) is 1. The van der Waals surface area contributed by atoms with Gasteiger partial charge < -0.3 is 15.1 Å². The van der Waals surface area contributed by atoms with Crippen LogP contribution in [0.15, 0.2) is 4.99 Å². The van der Waals surface area contributed by atoms with E-state index >= 15 is 0 Å². The number of carbonyl (C=O) groups excluding carboxylic acids is 1. The van der Waals surface area contributed by atoms with Crippen LogP contribution in [0.25, 0.3) is 0 Å². The highest BCUT2D eigenvalue weighted by Crippen LogP contribution is 2.37. The average Bonchev–Trinajstić information content (AvgIpc) is 3.19. The quantitative estimate of drug-likeness (QED) is 0.420. The number of carbonyl (C=O) groups is 1. The molecule has 1 N–H and O–H groups in total. The van der Waals surface area contributed by atoms with Crippen LogP contribution in [0, 0.1) is 5.41 Å². The maximum Gasteiger partial charge on any atom is 0.243 e. The maximum atomic E-state index is 11.8. The van der Waals surface area contributed by atoms with E-state index in [0.29, 0.717) is 11.5 Å². The van der Waals surface area contributed by atoms with Gasteiger partial charge in [0.15, 0.2) is 5.96 Å². The molecule has 0 atom stereocenters. The Balaban J connectivity index is 0.00000242. The zero-order valence-electron chi connectivity index (χ0n) is 14.4. The summed E-state index contributed by atoms with van der Waals surface area (Å²) < 4.78 is 0. The van der Waals surface area contributed by atoms with Crippen LogP contribution in [-0.4, -0.2) is 61.4 Å². The third kappa shape index (κ3) is 4.99. The first kappa shape index (κ1) is 19.5. The second kappa shape index (κ2) is 8.36. The normalized spacial score (nSPS) is 20.5. The smallest absolute Gasteiger partial charge is 0.243 e. The van der Waals surface area contributed by atoms with Crippen molar-refractivity contribution in [3.05, 3.63) is 0 Å². The molecule has 0 aromatic rings. The summed E-state index contributed by atoms with van der Waals surface area (Å²) in [5, 5.41) is 3.52. The van der Waals surface area contributed by atoms with E-state index in [2.05, 4.69) is 29.1 Å². The lowest BCUT2D eigenvalue weighted by molar-refractivity contribution is -0.127. The molecule has 1 saturated heterocycles. The Morgan fingerprint density at radius 1 is 1.32 bits per heavy atom. The lowest BCUT2D eigenvalue weighted by Gasteiger charge is -2.28. The maximum absolute atomic E-state index is 11.8. The first-order chi connectivity index (χ1) is 9.99. The summed E-state index contributed by atoms with van der Waals surface area (Å²) in [7, 11) is 3.56. The molecule has 6 heteroatoms. The van der Waals surface area contributed by atoms with Crippen molar-refractivity contribution in [3.8, 4) is 0 Å². The molecule has 0 radical (unpaired) electrons. The Kier molecular flexibility index (Phi) is 7.41. The van der Waals surface area contributed by atoms with E-state index in [9.17, 15) is 4.79 Å². The Labute approximate surface area is 151 Å². The van der Waals surface area contributed by atoms with Crippen molar-refractivity contribution in [3.63, 3.8) is 0 Å². The minimum Gasteiger partial charge on any atom is -0.353 e. The molecule has 0 spiro atoms. The highest BCUT2D eigenvalue weighted by atomic mass is 127. The first-order valence-corrected chi connectivity index (χ1v) is 8.26. The number of aliphatic imine (C=N–C) groups is 1. The Bertz CT molecular complexity index is 403. The molecule has 0 aromatic carbocycles. The molecule has 1 aliphatic carbocycles. The number of likely N-dealkylation sites (N-methyl/N-ethyl adjacent to an activating group) is 1. The topological polar surface area (TPSA) is 47.9 Å². The third-order valence-corrected chi connectivity index (χ3v) is 5.01. The van der Waals surface area contributed by atoms with Crippen LogP contribution in [0.5, 0.6) is 0 Å². The predicted molar refractivity (Wildman–Crippen MR) is 102 cm³/mol. The molecule has 0 unspecified atom stereocenters. The van der Waals surface area contributed by atoms with Gasteiger partial charge in [-0.05, 0) is 37.5 Å². The molecule has 0 bridgehead atoms. The van der Waals surface area contributed by atoms with E-state index < -0.39 is 0 Å². The summed E-state index contributed by atoms with van der Waals surface area (Å²) in [5.74, 6) is 0.998. The summed E-state index contributed by atoms with van der Waals surface area (Å²) >= 11 is 0. The van der Waals surface area contributed by atoms with Crippen LogP contribution < -0.4 is 5.32 Å². The first-order valence-electron chi connectivity index (χ1n) is 8.26. The van der Waals surface area contributed by atoms with Gasteiger partial charge in [-0.3, -0.25) is 4.79 Å². The number of nitrogens with zero attached hydrogens (tertiary/aromatic N) is 3. The largest absolute Gasteiger partial charge is 0.353 e. The van der Waals surface area contributed by atoms with Crippen LogP contribution in [0.1, 0.15) is 46.0 Å². The molecular formula is C16H31IN4O. The van der Waals surface area contributed by atoms with Crippen molar-refractivity contribution in [2.45, 2.75) is 52.0 Å². The molecule has 2 aliphatic rings. The zero-order valence-corrected chi connectivity index (χ0v) is 16.7. The highest BCUT2D eigenvalue weighted by Gasteiger charge is 2.37. The van der Waals surface area contributed by atoms with Gasteiger partial charge >= 0.3 is 0 Å². The van der Waals surface area contributed by atoms with E-state index in [0.717, 1.165) is 19.0 Å². The fraction of sp³-hybridized carbons (Fsp3) is 0.875. The lowest BCUT2D eigenvalue weighted by atomic mass is 9.82. The summed E-state index contributed by atoms with van der Waals surface area (Å²) in [6, 6.07) is 0.566. The fourth-order valence-electron chi connectivity index (χ4n) is 2.87. The van der Waals surface area contributed by atoms with Crippen LogP contribution >= 0.6 is 24.0 Å². The van der Waals surface area contributed by atoms with Gasteiger partial charge in [-0.15, -0.1) is 24.0 Å². The number of likely N-dealkylation sites (tertiary alicyclic amines) is 1. The summed E-state index contributed by atoms with van der Waals surface area (Å²) in [6.07, 6.45) is 6.11. The van der Waals surface area contributed by atoms with Crippen molar-refractivity contribution in [2.75, 3.05) is 33.7 Å². The molecular weight excluding hydrogens is 391 g/mol. The van der Waals surface area contributed by atoms with Crippen LogP contribution in [0.3, 0.4) is 0 Å². The molecule has 2 fully saturated rings. The van der Waals surface area contributed by atoms with Gasteiger partial charge in [0.25, 0.3) is 0 Å². The number of rotatable bonds is 5. The van der Waals surface area contributed by atoms with E-state index in [1.54, 1.807) is 19.0 Å². The lowest BCUT2D eigenvalue weighted by Crippen LogP contribution is -2.43. The number of halogens is 1. The van der Waals surface area contributed by atoms with Gasteiger partial charge in [0.2, 0.25) is 5.91 Å². The van der Waals surface area contributed by atoms with Crippen molar-refractivity contribution in [1.82, 2.24) is 15.1 Å². The van der Waals surface area contributed by atoms with E-state index in [-0.39, 0.29) is 36.4 Å². The molecule has 1 heterocycles. The summed E-state index contributed by atoms with van der Waals surface area (Å²) in [4.78, 5) is 20.3. The monoisotopic (exact) mass is 422 g/mol. The van der Waals surface area contributed by atoms with Crippen LogP contribution in [-0.2, 0) is 4.79 Å². The third-order valence-electron chi connectivity index (χ3n) is 5.01. The van der Waals surface area contributed by atoms with Crippen molar-refractivity contribution in [1.29, 1.82) is 0 Å². The minimum atomic E-state index is 0. The molecule has 128 valence electrons. The van der Waals surface area contributed by atoms with Gasteiger partial charge in [-0.2, -0.15) is 0 Å². The number of hydrogen-bond acceptors (Lipinski definition) is 2. The van der Waals surface area contributed by atoms with Gasteiger partial charge in [-0.1, -0.05) is 13.8 Å². The minimum absolute atomic E-state index is 0. The second-order valence-corrected chi connectivity index (χ2v) is 6.73. The number of amides is 1. The Hall–Kier alpha value is -0.530. The summed E-state index contributed by atoms with van der Waals surface area (Å²) in [5.41, 5.74) is 0.428. The summed E-state index contributed by atoms with van der Waals surface area (Å²) in [6.45, 7) is 6.93. The van der Waals surface area contributed by atoms with Gasteiger partial charge in [0, 0.05) is 33.2 Å². The molecule has 2 rings (SSSR count). The van der Waals surface area contributed by atoms with E-state index in [4.69, 9.17) is 0 Å². The standard InChI is InChI=1S/C16H30N4O.HI/c1-5-16(6-2)9-10-20(12-16)15(18-13-7-8-13)17-11-14(21)19(3)4;/h13H,5-12H2,1-4H3,(H,17,18);1H. The SMILES string of the molecule is CCC1(CC)CCN(C(=NCC(=O)N(C)C)NC2CC2)C1.I. The van der Waals surface area contributed by atoms with E-state index in [1.165, 1.54) is 32.1 Å². The molecule has 1 aliphatic heterocycles. The van der Waals surface area contributed by atoms with Crippen molar-refractivity contribution < 1.29 is 4.79 Å². The van der Waals surface area contributed by atoms with Crippen molar-refractivity contribution >= 4 is 35.8 Å². The molecule has 1 saturated carbocycles. The Morgan fingerprint density at radius 3 is 2.41 bits per heavy atom. The zero-order chi connectivity index (χ0) is 15.5. The fourth-order valence-corrected chi connectivity index (χ4v) is 2.87. The second-order valence-electron chi connectivity index (χ2n) is 6.73. The number of guanidine groups is 1. The molecule has 5 nitrogen and oxygen atoms in total. The molecule has 1 amide bonds. The molecule has 22 heavy (non-hydrogen) atoms. The van der Waals surface area contributed by atoms with Crippen LogP contribution in [0.4, 0.5) is 0 Å². The van der Waals surface area contributed by atoms with Crippen LogP contribution in [0.2, 0.25) is 0 Å². The van der Waals surface area contributed by atoms with E-state index in [1.807, 2.05) is 0 Å². The van der Waals surface area contributed by atoms with Gasteiger partial charge in [0.1, 0.15) is 6.54 Å². The van der Waals surface area contributed by atoms with Gasteiger partial charge in [0.05, 0.1) is 0 Å². The predicted octanol–water partition coefficient (Wildman–Crippen LogP) is 2.31.